The first-order valence-electron chi connectivity index (χ1n) is 14.3. The van der Waals surface area contributed by atoms with Crippen molar-refractivity contribution in [2.45, 2.75) is 101 Å². The predicted octanol–water partition coefficient (Wildman–Crippen LogP) is 4.19. The molecule has 42 heavy (non-hydrogen) atoms. The van der Waals surface area contributed by atoms with Gasteiger partial charge < -0.3 is 47.4 Å². The van der Waals surface area contributed by atoms with E-state index in [9.17, 15) is 0 Å². The number of benzene rings is 2. The van der Waals surface area contributed by atoms with Crippen molar-refractivity contribution in [3.63, 3.8) is 0 Å². The molecule has 5 rings (SSSR count). The summed E-state index contributed by atoms with van der Waals surface area (Å²) in [6.07, 6.45) is -4.13. The van der Waals surface area contributed by atoms with E-state index < -0.39 is 59.8 Å². The van der Waals surface area contributed by atoms with Crippen LogP contribution in [0.2, 0.25) is 0 Å². The summed E-state index contributed by atoms with van der Waals surface area (Å²) in [5.41, 5.74) is 1.99. The van der Waals surface area contributed by atoms with Crippen molar-refractivity contribution in [3.8, 4) is 0 Å². The van der Waals surface area contributed by atoms with Crippen molar-refractivity contribution in [3.05, 3.63) is 71.8 Å². The van der Waals surface area contributed by atoms with E-state index in [2.05, 4.69) is 0 Å². The molecule has 2 heterocycles. The Morgan fingerprint density at radius 2 is 0.738 bits per heavy atom. The van der Waals surface area contributed by atoms with Gasteiger partial charge in [-0.15, -0.1) is 0 Å². The molecule has 2 aromatic carbocycles. The standard InChI is InChI=1S/C32H44O10/c1-29(33-5)30(2,34-6)40-26-24(38-20-22-17-13-10-14-18-22)28-27(41-31(3,35-7)32(4,36-8)42-28)23(25(26)39-29)37-19-21-15-11-9-12-16-21/h9-18,23-28H,19-20H2,1-8H3/t23-,24+,25-,26-,27+,28+,29?,30?,31?,32?. The molecule has 232 valence electrons. The Morgan fingerprint density at radius 3 is 0.976 bits per heavy atom. The van der Waals surface area contributed by atoms with Gasteiger partial charge in [-0.05, 0) is 38.8 Å². The summed E-state index contributed by atoms with van der Waals surface area (Å²) < 4.78 is 63.8. The Morgan fingerprint density at radius 1 is 0.476 bits per heavy atom. The number of rotatable bonds is 10. The highest BCUT2D eigenvalue weighted by Crippen LogP contribution is 2.50. The Balaban J connectivity index is 1.58. The van der Waals surface area contributed by atoms with Crippen LogP contribution in [0.5, 0.6) is 0 Å². The van der Waals surface area contributed by atoms with Crippen LogP contribution in [0, 0.1) is 0 Å². The Kier molecular flexibility index (Phi) is 9.14. The van der Waals surface area contributed by atoms with Crippen LogP contribution in [0.15, 0.2) is 60.7 Å². The third-order valence-electron chi connectivity index (χ3n) is 9.17. The molecule has 2 aliphatic heterocycles. The number of fused-ring (bicyclic) bond motifs is 2. The molecule has 1 aliphatic carbocycles. The lowest BCUT2D eigenvalue weighted by Crippen LogP contribution is -2.79. The highest BCUT2D eigenvalue weighted by atomic mass is 16.8. The molecule has 0 N–H and O–H groups in total. The third-order valence-corrected chi connectivity index (χ3v) is 9.17. The van der Waals surface area contributed by atoms with E-state index in [1.165, 1.54) is 0 Å². The molecule has 0 spiro atoms. The second-order valence-electron chi connectivity index (χ2n) is 11.5. The van der Waals surface area contributed by atoms with Crippen molar-refractivity contribution < 1.29 is 47.4 Å². The molecule has 3 aliphatic rings. The molecule has 1 saturated carbocycles. The molecular weight excluding hydrogens is 544 g/mol. The first-order valence-corrected chi connectivity index (χ1v) is 14.3. The Hall–Kier alpha value is -1.96. The van der Waals surface area contributed by atoms with Gasteiger partial charge in [-0.1, -0.05) is 60.7 Å². The fourth-order valence-corrected chi connectivity index (χ4v) is 5.97. The summed E-state index contributed by atoms with van der Waals surface area (Å²) in [5, 5.41) is 0. The topological polar surface area (TPSA) is 92.3 Å². The van der Waals surface area contributed by atoms with E-state index in [1.54, 1.807) is 56.1 Å². The molecule has 3 fully saturated rings. The van der Waals surface area contributed by atoms with Crippen LogP contribution >= 0.6 is 0 Å². The van der Waals surface area contributed by atoms with Crippen LogP contribution in [-0.2, 0) is 60.6 Å². The third kappa shape index (κ3) is 5.43. The minimum absolute atomic E-state index is 0.302. The van der Waals surface area contributed by atoms with Gasteiger partial charge in [0.05, 0.1) is 13.2 Å². The molecular formula is C32H44O10. The average molecular weight is 589 g/mol. The molecule has 10 atom stereocenters. The zero-order valence-corrected chi connectivity index (χ0v) is 25.7. The molecule has 10 heteroatoms. The van der Waals surface area contributed by atoms with Gasteiger partial charge in [0.25, 0.3) is 0 Å². The largest absolute Gasteiger partial charge is 0.368 e. The van der Waals surface area contributed by atoms with E-state index >= 15 is 0 Å². The second kappa shape index (κ2) is 12.2. The summed E-state index contributed by atoms with van der Waals surface area (Å²) in [6.45, 7) is 7.74. The number of hydrogen-bond acceptors (Lipinski definition) is 10. The van der Waals surface area contributed by atoms with Crippen molar-refractivity contribution in [1.29, 1.82) is 0 Å². The van der Waals surface area contributed by atoms with Gasteiger partial charge in [-0.3, -0.25) is 0 Å². The SMILES string of the molecule is COC1(C)O[C@@H]2[C@@H](OCc3ccccc3)[C@@H]3OC(C)(OC)C(C)(OC)O[C@H]3[C@@H](OCc3ccccc3)[C@H]2OC1(C)OC. The van der Waals surface area contributed by atoms with E-state index in [0.29, 0.717) is 13.2 Å². The van der Waals surface area contributed by atoms with E-state index in [-0.39, 0.29) is 0 Å². The maximum Gasteiger partial charge on any atom is 0.220 e. The number of hydrogen-bond donors (Lipinski definition) is 0. The minimum Gasteiger partial charge on any atom is -0.368 e. The lowest BCUT2D eigenvalue weighted by Gasteiger charge is -2.62. The zero-order chi connectivity index (χ0) is 30.2. The molecule has 0 bridgehead atoms. The van der Waals surface area contributed by atoms with Gasteiger partial charge in [-0.2, -0.15) is 0 Å². The summed E-state index contributed by atoms with van der Waals surface area (Å²) in [5.74, 6) is -5.13. The summed E-state index contributed by atoms with van der Waals surface area (Å²) in [6, 6.07) is 19.8. The Bertz CT molecular complexity index is 1030. The molecule has 0 amide bonds. The normalized spacial score (nSPS) is 41.6. The van der Waals surface area contributed by atoms with Crippen LogP contribution in [0.4, 0.5) is 0 Å². The quantitative estimate of drug-likeness (QED) is 0.402. The van der Waals surface area contributed by atoms with Gasteiger partial charge in [0.2, 0.25) is 23.1 Å². The highest BCUT2D eigenvalue weighted by Gasteiger charge is 2.69. The second-order valence-corrected chi connectivity index (χ2v) is 11.5. The van der Waals surface area contributed by atoms with Crippen molar-refractivity contribution >= 4 is 0 Å². The van der Waals surface area contributed by atoms with E-state index in [4.69, 9.17) is 47.4 Å². The lowest BCUT2D eigenvalue weighted by atomic mass is 9.80. The van der Waals surface area contributed by atoms with Crippen molar-refractivity contribution in [2.75, 3.05) is 28.4 Å². The molecule has 0 aromatic heterocycles. The summed E-state index contributed by atoms with van der Waals surface area (Å²) >= 11 is 0. The first kappa shape index (κ1) is 31.5. The lowest BCUT2D eigenvalue weighted by molar-refractivity contribution is -0.507. The van der Waals surface area contributed by atoms with Gasteiger partial charge in [-0.25, -0.2) is 0 Å². The van der Waals surface area contributed by atoms with Gasteiger partial charge in [0, 0.05) is 28.4 Å². The fraction of sp³-hybridized carbons (Fsp3) is 0.625. The monoisotopic (exact) mass is 588 g/mol. The Labute approximate surface area is 248 Å². The number of ether oxygens (including phenoxy) is 10. The van der Waals surface area contributed by atoms with Crippen LogP contribution in [-0.4, -0.2) is 88.2 Å². The molecule has 2 aromatic rings. The first-order chi connectivity index (χ1) is 20.1. The summed E-state index contributed by atoms with van der Waals surface area (Å²) in [7, 11) is 6.23. The van der Waals surface area contributed by atoms with Gasteiger partial charge in [0.1, 0.15) is 36.6 Å². The maximum atomic E-state index is 6.76. The van der Waals surface area contributed by atoms with Gasteiger partial charge in [0.15, 0.2) is 0 Å². The fourth-order valence-electron chi connectivity index (χ4n) is 5.97. The maximum absolute atomic E-state index is 6.76. The summed E-state index contributed by atoms with van der Waals surface area (Å²) in [4.78, 5) is 0. The molecule has 4 unspecified atom stereocenters. The van der Waals surface area contributed by atoms with Crippen LogP contribution in [0.1, 0.15) is 38.8 Å². The van der Waals surface area contributed by atoms with Crippen LogP contribution in [0.25, 0.3) is 0 Å². The van der Waals surface area contributed by atoms with E-state index in [1.807, 2.05) is 60.7 Å². The molecule has 0 radical (unpaired) electrons. The average Bonchev–Trinajstić information content (AvgIpc) is 3.01. The molecule has 10 nitrogen and oxygen atoms in total. The van der Waals surface area contributed by atoms with Gasteiger partial charge >= 0.3 is 0 Å². The smallest absolute Gasteiger partial charge is 0.220 e. The van der Waals surface area contributed by atoms with Crippen molar-refractivity contribution in [2.24, 2.45) is 0 Å². The van der Waals surface area contributed by atoms with Crippen LogP contribution in [0.3, 0.4) is 0 Å². The number of methoxy groups -OCH3 is 4. The highest BCUT2D eigenvalue weighted by molar-refractivity contribution is 5.16. The zero-order valence-electron chi connectivity index (χ0n) is 25.7. The predicted molar refractivity (Wildman–Crippen MR) is 151 cm³/mol. The molecule has 2 saturated heterocycles. The van der Waals surface area contributed by atoms with Crippen LogP contribution < -0.4 is 0 Å². The van der Waals surface area contributed by atoms with Crippen molar-refractivity contribution in [1.82, 2.24) is 0 Å². The minimum atomic E-state index is -1.28. The van der Waals surface area contributed by atoms with E-state index in [0.717, 1.165) is 11.1 Å².